The van der Waals surface area contributed by atoms with Gasteiger partial charge in [0.2, 0.25) is 0 Å². The summed E-state index contributed by atoms with van der Waals surface area (Å²) in [7, 11) is 0. The summed E-state index contributed by atoms with van der Waals surface area (Å²) in [6.45, 7) is 4.67. The maximum absolute atomic E-state index is 14.8. The molecule has 2 saturated carbocycles. The second kappa shape index (κ2) is 8.12. The number of nitrogens with zero attached hydrogens (tertiary/aromatic N) is 1. The zero-order chi connectivity index (χ0) is 18.8. The van der Waals surface area contributed by atoms with Crippen molar-refractivity contribution in [2.45, 2.75) is 77.0 Å². The molecule has 1 aromatic carbocycles. The number of aromatic nitrogens is 1. The molecule has 0 spiro atoms. The Balaban J connectivity index is 1.48. The molecule has 1 aromatic heterocycles. The van der Waals surface area contributed by atoms with Gasteiger partial charge in [-0.2, -0.15) is 0 Å². The number of halogens is 1. The van der Waals surface area contributed by atoms with Crippen molar-refractivity contribution in [1.29, 1.82) is 0 Å². The van der Waals surface area contributed by atoms with Crippen molar-refractivity contribution in [2.75, 3.05) is 0 Å². The zero-order valence-corrected chi connectivity index (χ0v) is 16.8. The topological polar surface area (TPSA) is 12.9 Å². The van der Waals surface area contributed by atoms with Crippen molar-refractivity contribution in [3.05, 3.63) is 53.5 Å². The van der Waals surface area contributed by atoms with Gasteiger partial charge in [0.25, 0.3) is 0 Å². The lowest BCUT2D eigenvalue weighted by molar-refractivity contribution is 0.347. The Labute approximate surface area is 163 Å². The second-order valence-corrected chi connectivity index (χ2v) is 9.13. The number of hydrogen-bond acceptors (Lipinski definition) is 1. The van der Waals surface area contributed by atoms with Gasteiger partial charge in [-0.3, -0.25) is 4.98 Å². The molecule has 2 fully saturated rings. The highest BCUT2D eigenvalue weighted by atomic mass is 19.1. The summed E-state index contributed by atoms with van der Waals surface area (Å²) < 4.78 is 14.8. The molecule has 2 aromatic rings. The van der Waals surface area contributed by atoms with Gasteiger partial charge < -0.3 is 0 Å². The van der Waals surface area contributed by atoms with Crippen molar-refractivity contribution in [3.63, 3.8) is 0 Å². The lowest BCUT2D eigenvalue weighted by atomic mass is 9.79. The molecule has 0 aliphatic heterocycles. The van der Waals surface area contributed by atoms with Crippen LogP contribution in [0.25, 0.3) is 11.3 Å². The fraction of sp³-hybridized carbons (Fsp3) is 0.560. The molecular weight excluding hydrogens is 333 g/mol. The third kappa shape index (κ3) is 4.25. The van der Waals surface area contributed by atoms with Gasteiger partial charge >= 0.3 is 0 Å². The van der Waals surface area contributed by atoms with Crippen LogP contribution in [-0.2, 0) is 0 Å². The van der Waals surface area contributed by atoms with Crippen molar-refractivity contribution in [1.82, 2.24) is 4.98 Å². The number of benzene rings is 1. The highest BCUT2D eigenvalue weighted by Gasteiger charge is 2.22. The minimum Gasteiger partial charge on any atom is -0.256 e. The highest BCUT2D eigenvalue weighted by molar-refractivity contribution is 5.60. The molecule has 0 saturated heterocycles. The van der Waals surface area contributed by atoms with Crippen LogP contribution < -0.4 is 0 Å². The molecule has 144 valence electrons. The van der Waals surface area contributed by atoms with Crippen LogP contribution in [-0.4, -0.2) is 4.98 Å². The van der Waals surface area contributed by atoms with E-state index in [1.54, 1.807) is 6.07 Å². The van der Waals surface area contributed by atoms with Gasteiger partial charge in [-0.05, 0) is 78.7 Å². The first-order chi connectivity index (χ1) is 13.1. The first-order valence-electron chi connectivity index (χ1n) is 10.9. The molecule has 0 amide bonds. The first-order valence-corrected chi connectivity index (χ1v) is 10.9. The van der Waals surface area contributed by atoms with E-state index in [1.165, 1.54) is 56.9 Å². The molecule has 1 nitrogen and oxygen atoms in total. The van der Waals surface area contributed by atoms with E-state index in [1.807, 2.05) is 18.3 Å². The Bertz CT molecular complexity index is 750. The minimum absolute atomic E-state index is 0.127. The number of rotatable bonds is 3. The first kappa shape index (κ1) is 18.7. The molecule has 2 aliphatic rings. The van der Waals surface area contributed by atoms with E-state index in [0.717, 1.165) is 23.1 Å². The Morgan fingerprint density at radius 3 is 1.81 bits per heavy atom. The predicted octanol–water partition coefficient (Wildman–Crippen LogP) is 7.48. The van der Waals surface area contributed by atoms with Gasteiger partial charge in [0.05, 0.1) is 5.69 Å². The summed E-state index contributed by atoms with van der Waals surface area (Å²) in [4.78, 5) is 4.62. The SMILES string of the molecule is CC1CCC(c2ccc(-c3ccc(C4CCC(C)CC4)cc3F)nc2)CC1. The fourth-order valence-corrected chi connectivity index (χ4v) is 4.99. The summed E-state index contributed by atoms with van der Waals surface area (Å²) in [5, 5.41) is 0. The smallest absolute Gasteiger partial charge is 0.132 e. The summed E-state index contributed by atoms with van der Waals surface area (Å²) in [6, 6.07) is 9.99. The standard InChI is InChI=1S/C25H32FN/c1-17-3-7-19(8-4-17)21-11-13-23(24(26)15-21)25-14-12-22(16-27-25)20-9-5-18(2)6-10-20/h11-20H,3-10H2,1-2H3. The van der Waals surface area contributed by atoms with Crippen LogP contribution in [0.3, 0.4) is 0 Å². The summed E-state index contributed by atoms with van der Waals surface area (Å²) in [6.07, 6.45) is 12.0. The van der Waals surface area contributed by atoms with Crippen LogP contribution in [0.5, 0.6) is 0 Å². The molecule has 0 radical (unpaired) electrons. The normalized spacial score (nSPS) is 28.9. The van der Waals surface area contributed by atoms with Gasteiger partial charge in [-0.1, -0.05) is 51.7 Å². The lowest BCUT2D eigenvalue weighted by Crippen LogP contribution is -2.11. The fourth-order valence-electron chi connectivity index (χ4n) is 4.99. The van der Waals surface area contributed by atoms with Crippen molar-refractivity contribution in [2.24, 2.45) is 11.8 Å². The van der Waals surface area contributed by atoms with Gasteiger partial charge in [0, 0.05) is 11.8 Å². The molecule has 2 aliphatic carbocycles. The van der Waals surface area contributed by atoms with Crippen molar-refractivity contribution < 1.29 is 4.39 Å². The Kier molecular flexibility index (Phi) is 5.61. The van der Waals surface area contributed by atoms with E-state index in [4.69, 9.17) is 0 Å². The van der Waals surface area contributed by atoms with E-state index in [0.29, 0.717) is 17.4 Å². The van der Waals surface area contributed by atoms with Gasteiger partial charge in [0.15, 0.2) is 0 Å². The van der Waals surface area contributed by atoms with Crippen LogP contribution >= 0.6 is 0 Å². The molecule has 4 rings (SSSR count). The maximum atomic E-state index is 14.8. The largest absolute Gasteiger partial charge is 0.256 e. The zero-order valence-electron chi connectivity index (χ0n) is 16.8. The van der Waals surface area contributed by atoms with E-state index in [9.17, 15) is 4.39 Å². The maximum Gasteiger partial charge on any atom is 0.132 e. The molecule has 0 atom stereocenters. The van der Waals surface area contributed by atoms with E-state index in [2.05, 4.69) is 31.0 Å². The van der Waals surface area contributed by atoms with Crippen LogP contribution in [0.15, 0.2) is 36.5 Å². The predicted molar refractivity (Wildman–Crippen MR) is 110 cm³/mol. The third-order valence-electron chi connectivity index (χ3n) is 7.03. The summed E-state index contributed by atoms with van der Waals surface area (Å²) in [5.74, 6) is 2.70. The number of pyridine rings is 1. The monoisotopic (exact) mass is 365 g/mol. The quantitative estimate of drug-likeness (QED) is 0.549. The summed E-state index contributed by atoms with van der Waals surface area (Å²) >= 11 is 0. The third-order valence-corrected chi connectivity index (χ3v) is 7.03. The van der Waals surface area contributed by atoms with Crippen LogP contribution in [0.1, 0.15) is 88.2 Å². The minimum atomic E-state index is -0.127. The molecule has 27 heavy (non-hydrogen) atoms. The lowest BCUT2D eigenvalue weighted by Gasteiger charge is -2.27. The van der Waals surface area contributed by atoms with Gasteiger partial charge in [-0.25, -0.2) is 4.39 Å². The highest BCUT2D eigenvalue weighted by Crippen LogP contribution is 2.38. The van der Waals surface area contributed by atoms with E-state index in [-0.39, 0.29) is 5.82 Å². The molecule has 2 heteroatoms. The Morgan fingerprint density at radius 1 is 0.741 bits per heavy atom. The second-order valence-electron chi connectivity index (χ2n) is 9.13. The molecular formula is C25H32FN. The van der Waals surface area contributed by atoms with Gasteiger partial charge in [-0.15, -0.1) is 0 Å². The molecule has 0 N–H and O–H groups in total. The van der Waals surface area contributed by atoms with Crippen molar-refractivity contribution in [3.8, 4) is 11.3 Å². The van der Waals surface area contributed by atoms with Crippen molar-refractivity contribution >= 4 is 0 Å². The number of hydrogen-bond donors (Lipinski definition) is 0. The molecule has 1 heterocycles. The average molecular weight is 366 g/mol. The Morgan fingerprint density at radius 2 is 1.30 bits per heavy atom. The summed E-state index contributed by atoms with van der Waals surface area (Å²) in [5.41, 5.74) is 3.87. The molecule has 0 unspecified atom stereocenters. The van der Waals surface area contributed by atoms with Crippen LogP contribution in [0.2, 0.25) is 0 Å². The Hall–Kier alpha value is -1.70. The average Bonchev–Trinajstić information content (AvgIpc) is 2.69. The van der Waals surface area contributed by atoms with E-state index >= 15 is 0 Å². The van der Waals surface area contributed by atoms with E-state index < -0.39 is 0 Å². The van der Waals surface area contributed by atoms with Crippen LogP contribution in [0, 0.1) is 17.7 Å². The van der Waals surface area contributed by atoms with Gasteiger partial charge in [0.1, 0.15) is 5.82 Å². The molecule has 0 bridgehead atoms. The van der Waals surface area contributed by atoms with Crippen LogP contribution in [0.4, 0.5) is 4.39 Å².